The van der Waals surface area contributed by atoms with Crippen LogP contribution in [0.15, 0.2) is 18.2 Å². The Morgan fingerprint density at radius 3 is 2.39 bits per heavy atom. The molecule has 0 aliphatic rings. The maximum Gasteiger partial charge on any atom is 0.219 e. The van der Waals surface area contributed by atoms with Gasteiger partial charge in [-0.3, -0.25) is 9.59 Å². The molecular weight excluding hydrogens is 296 g/mol. The minimum atomic E-state index is -0.00612. The first-order valence-corrected chi connectivity index (χ1v) is 7.74. The molecule has 2 amide bonds. The summed E-state index contributed by atoms with van der Waals surface area (Å²) in [7, 11) is 3.19. The molecule has 0 atom stereocenters. The molecule has 0 radical (unpaired) electrons. The SMILES string of the molecule is CCC(=O)NCCN(CCc1ccc(OC)c(OC)c1)C(C)=O. The first kappa shape index (κ1) is 18.8. The van der Waals surface area contributed by atoms with Gasteiger partial charge in [0.1, 0.15) is 0 Å². The summed E-state index contributed by atoms with van der Waals surface area (Å²) >= 11 is 0. The fourth-order valence-corrected chi connectivity index (χ4v) is 2.18. The molecule has 1 aromatic rings. The average Bonchev–Trinajstić information content (AvgIpc) is 2.56. The third-order valence-corrected chi connectivity index (χ3v) is 3.59. The van der Waals surface area contributed by atoms with Gasteiger partial charge in [-0.1, -0.05) is 13.0 Å². The predicted octanol–water partition coefficient (Wildman–Crippen LogP) is 1.62. The van der Waals surface area contributed by atoms with Crippen LogP contribution in [0.1, 0.15) is 25.8 Å². The number of carbonyl (C=O) groups is 2. The van der Waals surface area contributed by atoms with Crippen molar-refractivity contribution in [2.75, 3.05) is 33.9 Å². The van der Waals surface area contributed by atoms with Crippen molar-refractivity contribution in [1.82, 2.24) is 10.2 Å². The van der Waals surface area contributed by atoms with E-state index >= 15 is 0 Å². The van der Waals surface area contributed by atoms with Gasteiger partial charge >= 0.3 is 0 Å². The first-order chi connectivity index (χ1) is 11.0. The highest BCUT2D eigenvalue weighted by Crippen LogP contribution is 2.27. The molecule has 128 valence electrons. The average molecular weight is 322 g/mol. The Morgan fingerprint density at radius 2 is 1.83 bits per heavy atom. The molecule has 0 aliphatic carbocycles. The molecule has 0 saturated heterocycles. The summed E-state index contributed by atoms with van der Waals surface area (Å²) in [4.78, 5) is 24.7. The molecular formula is C17H26N2O4. The van der Waals surface area contributed by atoms with E-state index in [9.17, 15) is 9.59 Å². The molecule has 0 aromatic heterocycles. The van der Waals surface area contributed by atoms with Crippen LogP contribution in [0.25, 0.3) is 0 Å². The van der Waals surface area contributed by atoms with E-state index in [2.05, 4.69) is 5.32 Å². The molecule has 1 aromatic carbocycles. The number of nitrogens with zero attached hydrogens (tertiary/aromatic N) is 1. The fourth-order valence-electron chi connectivity index (χ4n) is 2.18. The Morgan fingerprint density at radius 1 is 1.13 bits per heavy atom. The van der Waals surface area contributed by atoms with Crippen LogP contribution in [-0.2, 0) is 16.0 Å². The van der Waals surface area contributed by atoms with Crippen LogP contribution in [0.4, 0.5) is 0 Å². The highest BCUT2D eigenvalue weighted by atomic mass is 16.5. The number of amides is 2. The second kappa shape index (κ2) is 9.71. The third-order valence-electron chi connectivity index (χ3n) is 3.59. The molecule has 1 rings (SSSR count). The summed E-state index contributed by atoms with van der Waals surface area (Å²) in [6.07, 6.45) is 1.16. The van der Waals surface area contributed by atoms with Gasteiger partial charge in [0.15, 0.2) is 11.5 Å². The number of methoxy groups -OCH3 is 2. The van der Waals surface area contributed by atoms with Gasteiger partial charge in [0.05, 0.1) is 14.2 Å². The standard InChI is InChI=1S/C17H26N2O4/c1-5-17(21)18-9-11-19(13(2)20)10-8-14-6-7-15(22-3)16(12-14)23-4/h6-7,12H,5,8-11H2,1-4H3,(H,18,21). The number of benzene rings is 1. The van der Waals surface area contributed by atoms with Crippen molar-refractivity contribution in [3.05, 3.63) is 23.8 Å². The topological polar surface area (TPSA) is 67.9 Å². The van der Waals surface area contributed by atoms with Crippen LogP contribution in [0, 0.1) is 0 Å². The Labute approximate surface area is 137 Å². The summed E-state index contributed by atoms with van der Waals surface area (Å²) in [5.41, 5.74) is 1.06. The molecule has 0 spiro atoms. The van der Waals surface area contributed by atoms with Gasteiger partial charge in [0.25, 0.3) is 0 Å². The van der Waals surface area contributed by atoms with E-state index in [4.69, 9.17) is 9.47 Å². The fraction of sp³-hybridized carbons (Fsp3) is 0.529. The van der Waals surface area contributed by atoms with E-state index in [1.165, 1.54) is 6.92 Å². The Balaban J connectivity index is 2.58. The molecule has 0 saturated carbocycles. The van der Waals surface area contributed by atoms with Crippen molar-refractivity contribution in [2.45, 2.75) is 26.7 Å². The van der Waals surface area contributed by atoms with Crippen molar-refractivity contribution in [3.63, 3.8) is 0 Å². The summed E-state index contributed by atoms with van der Waals surface area (Å²) in [6, 6.07) is 5.72. The normalized spacial score (nSPS) is 10.1. The second-order valence-electron chi connectivity index (χ2n) is 5.15. The van der Waals surface area contributed by atoms with Gasteiger partial charge in [0, 0.05) is 33.0 Å². The Kier molecular flexibility index (Phi) is 7.94. The van der Waals surface area contributed by atoms with Crippen molar-refractivity contribution < 1.29 is 19.1 Å². The van der Waals surface area contributed by atoms with E-state index in [1.807, 2.05) is 18.2 Å². The number of hydrogen-bond acceptors (Lipinski definition) is 4. The van der Waals surface area contributed by atoms with E-state index < -0.39 is 0 Å². The maximum atomic E-state index is 11.7. The number of carbonyl (C=O) groups excluding carboxylic acids is 2. The van der Waals surface area contributed by atoms with Crippen LogP contribution in [0.3, 0.4) is 0 Å². The lowest BCUT2D eigenvalue weighted by Gasteiger charge is -2.21. The summed E-state index contributed by atoms with van der Waals surface area (Å²) in [5.74, 6) is 1.35. The smallest absolute Gasteiger partial charge is 0.219 e. The van der Waals surface area contributed by atoms with Crippen molar-refractivity contribution >= 4 is 11.8 Å². The molecule has 0 heterocycles. The maximum absolute atomic E-state index is 11.7. The molecule has 0 bridgehead atoms. The van der Waals surface area contributed by atoms with Crippen molar-refractivity contribution in [3.8, 4) is 11.5 Å². The largest absolute Gasteiger partial charge is 0.493 e. The number of hydrogen-bond donors (Lipinski definition) is 1. The van der Waals surface area contributed by atoms with Gasteiger partial charge < -0.3 is 19.7 Å². The van der Waals surface area contributed by atoms with Crippen LogP contribution in [0.5, 0.6) is 11.5 Å². The molecule has 6 heteroatoms. The lowest BCUT2D eigenvalue weighted by molar-refractivity contribution is -0.129. The highest BCUT2D eigenvalue weighted by molar-refractivity contribution is 5.76. The van der Waals surface area contributed by atoms with E-state index in [-0.39, 0.29) is 11.8 Å². The quantitative estimate of drug-likeness (QED) is 0.750. The lowest BCUT2D eigenvalue weighted by atomic mass is 10.1. The molecule has 0 aliphatic heterocycles. The monoisotopic (exact) mass is 322 g/mol. The summed E-state index contributed by atoms with van der Waals surface area (Å²) in [5, 5.41) is 2.78. The van der Waals surface area contributed by atoms with Crippen LogP contribution < -0.4 is 14.8 Å². The van der Waals surface area contributed by atoms with E-state index in [0.717, 1.165) is 5.56 Å². The van der Waals surface area contributed by atoms with Crippen LogP contribution >= 0.6 is 0 Å². The summed E-state index contributed by atoms with van der Waals surface area (Å²) < 4.78 is 10.5. The van der Waals surface area contributed by atoms with Crippen LogP contribution in [0.2, 0.25) is 0 Å². The molecule has 6 nitrogen and oxygen atoms in total. The number of ether oxygens (including phenoxy) is 2. The first-order valence-electron chi connectivity index (χ1n) is 7.74. The zero-order valence-electron chi connectivity index (χ0n) is 14.3. The zero-order chi connectivity index (χ0) is 17.2. The Hall–Kier alpha value is -2.24. The van der Waals surface area contributed by atoms with Crippen LogP contribution in [-0.4, -0.2) is 50.6 Å². The number of rotatable bonds is 9. The van der Waals surface area contributed by atoms with Crippen molar-refractivity contribution in [2.24, 2.45) is 0 Å². The van der Waals surface area contributed by atoms with Gasteiger partial charge in [-0.05, 0) is 24.1 Å². The minimum absolute atomic E-state index is 0.00350. The van der Waals surface area contributed by atoms with Gasteiger partial charge in [-0.25, -0.2) is 0 Å². The second-order valence-corrected chi connectivity index (χ2v) is 5.15. The van der Waals surface area contributed by atoms with Crippen molar-refractivity contribution in [1.29, 1.82) is 0 Å². The summed E-state index contributed by atoms with van der Waals surface area (Å²) in [6.45, 7) is 4.91. The molecule has 1 N–H and O–H groups in total. The molecule has 0 unspecified atom stereocenters. The van der Waals surface area contributed by atoms with Gasteiger partial charge in [-0.15, -0.1) is 0 Å². The molecule has 23 heavy (non-hydrogen) atoms. The minimum Gasteiger partial charge on any atom is -0.493 e. The molecule has 0 fully saturated rings. The highest BCUT2D eigenvalue weighted by Gasteiger charge is 2.10. The predicted molar refractivity (Wildman–Crippen MR) is 88.8 cm³/mol. The lowest BCUT2D eigenvalue weighted by Crippen LogP contribution is -2.38. The number of nitrogens with one attached hydrogen (secondary N) is 1. The van der Waals surface area contributed by atoms with Gasteiger partial charge in [0.2, 0.25) is 11.8 Å². The zero-order valence-corrected chi connectivity index (χ0v) is 14.3. The Bertz CT molecular complexity index is 531. The van der Waals surface area contributed by atoms with E-state index in [0.29, 0.717) is 44.0 Å². The third kappa shape index (κ3) is 6.18. The van der Waals surface area contributed by atoms with E-state index in [1.54, 1.807) is 26.0 Å². The van der Waals surface area contributed by atoms with Gasteiger partial charge in [-0.2, -0.15) is 0 Å².